The first-order valence-electron chi connectivity index (χ1n) is 11.5. The monoisotopic (exact) mass is 483 g/mol. The zero-order valence-electron chi connectivity index (χ0n) is 20.6. The summed E-state index contributed by atoms with van der Waals surface area (Å²) in [5, 5.41) is 8.37. The Hall–Kier alpha value is -4.53. The van der Waals surface area contributed by atoms with Crippen LogP contribution in [-0.4, -0.2) is 50.5 Å². The van der Waals surface area contributed by atoms with Gasteiger partial charge in [-0.1, -0.05) is 12.1 Å². The Labute approximate surface area is 207 Å². The summed E-state index contributed by atoms with van der Waals surface area (Å²) in [6.45, 7) is 7.35. The molecule has 182 valence electrons. The minimum absolute atomic E-state index is 0.227. The number of anilines is 1. The smallest absolute Gasteiger partial charge is 0.261 e. The minimum atomic E-state index is -0.433. The number of amides is 3. The Balaban J connectivity index is 1.50. The molecule has 0 bridgehead atoms. The van der Waals surface area contributed by atoms with E-state index >= 15 is 0 Å². The molecule has 0 atom stereocenters. The van der Waals surface area contributed by atoms with Crippen LogP contribution in [0.2, 0.25) is 0 Å². The fraction of sp³-hybridized carbons (Fsp3) is 0.222. The first kappa shape index (κ1) is 23.2. The van der Waals surface area contributed by atoms with Gasteiger partial charge in [0.15, 0.2) is 5.82 Å². The van der Waals surface area contributed by atoms with Gasteiger partial charge in [-0.3, -0.25) is 19.3 Å². The largest absolute Gasteiger partial charge is 0.494 e. The van der Waals surface area contributed by atoms with Gasteiger partial charge in [0.25, 0.3) is 17.7 Å². The summed E-state index contributed by atoms with van der Waals surface area (Å²) in [4.78, 5) is 44.5. The summed E-state index contributed by atoms with van der Waals surface area (Å²) in [6.07, 6.45) is 0. The van der Waals surface area contributed by atoms with Gasteiger partial charge < -0.3 is 10.1 Å². The molecule has 1 N–H and O–H groups in total. The van der Waals surface area contributed by atoms with E-state index in [9.17, 15) is 14.4 Å². The first-order chi connectivity index (χ1) is 17.2. The van der Waals surface area contributed by atoms with Crippen molar-refractivity contribution in [2.75, 3.05) is 12.4 Å². The highest BCUT2D eigenvalue weighted by atomic mass is 16.5. The van der Waals surface area contributed by atoms with Crippen molar-refractivity contribution in [3.8, 4) is 11.6 Å². The molecular formula is C27H25N5O4. The topological polar surface area (TPSA) is 106 Å². The predicted octanol–water partition coefficient (Wildman–Crippen LogP) is 4.30. The molecule has 2 aromatic carbocycles. The van der Waals surface area contributed by atoms with E-state index < -0.39 is 11.8 Å². The maximum absolute atomic E-state index is 13.2. The number of carbonyl (C=O) groups is 3. The van der Waals surface area contributed by atoms with Gasteiger partial charge in [-0.2, -0.15) is 9.78 Å². The minimum Gasteiger partial charge on any atom is -0.494 e. The molecule has 2 aromatic heterocycles. The van der Waals surface area contributed by atoms with Crippen LogP contribution in [0.5, 0.6) is 5.75 Å². The second-order valence-corrected chi connectivity index (χ2v) is 9.03. The summed E-state index contributed by atoms with van der Waals surface area (Å²) in [5.74, 6) is 0.404. The van der Waals surface area contributed by atoms with Crippen molar-refractivity contribution in [1.82, 2.24) is 19.7 Å². The number of rotatable bonds is 5. The average molecular weight is 484 g/mol. The van der Waals surface area contributed by atoms with Gasteiger partial charge in [-0.25, -0.2) is 4.98 Å². The van der Waals surface area contributed by atoms with Gasteiger partial charge in [-0.05, 0) is 63.6 Å². The SMILES string of the molecule is COc1cccc2c(C)cc(-n3nc(C)cc3NC(=O)c3ccc4c(c3)C(=O)N(C(C)C)C4=O)nc12. The van der Waals surface area contributed by atoms with Crippen molar-refractivity contribution in [2.24, 2.45) is 0 Å². The van der Waals surface area contributed by atoms with Gasteiger partial charge in [0, 0.05) is 23.1 Å². The maximum atomic E-state index is 13.2. The van der Waals surface area contributed by atoms with Crippen LogP contribution in [0.25, 0.3) is 16.7 Å². The number of hydrogen-bond donors (Lipinski definition) is 1. The molecule has 5 rings (SSSR count). The van der Waals surface area contributed by atoms with Gasteiger partial charge in [0.05, 0.1) is 23.9 Å². The number of hydrogen-bond acceptors (Lipinski definition) is 6. The quantitative estimate of drug-likeness (QED) is 0.424. The van der Waals surface area contributed by atoms with E-state index in [0.29, 0.717) is 34.2 Å². The summed E-state index contributed by atoms with van der Waals surface area (Å²) in [5.41, 5.74) is 3.15. The zero-order chi connectivity index (χ0) is 25.7. The molecule has 3 amide bonds. The van der Waals surface area contributed by atoms with Crippen molar-refractivity contribution in [2.45, 2.75) is 33.7 Å². The third kappa shape index (κ3) is 3.69. The summed E-state index contributed by atoms with van der Waals surface area (Å²) in [7, 11) is 1.59. The Morgan fingerprint density at radius 3 is 2.47 bits per heavy atom. The lowest BCUT2D eigenvalue weighted by Gasteiger charge is -2.17. The molecule has 0 aliphatic carbocycles. The molecule has 0 unspecified atom stereocenters. The van der Waals surface area contributed by atoms with Crippen molar-refractivity contribution in [1.29, 1.82) is 0 Å². The van der Waals surface area contributed by atoms with E-state index in [0.717, 1.165) is 10.9 Å². The Kier molecular flexibility index (Phi) is 5.55. The average Bonchev–Trinajstić information content (AvgIpc) is 3.34. The number of methoxy groups -OCH3 is 1. The fourth-order valence-electron chi connectivity index (χ4n) is 4.47. The molecule has 36 heavy (non-hydrogen) atoms. The number of ether oxygens (including phenoxy) is 1. The van der Waals surface area contributed by atoms with E-state index in [4.69, 9.17) is 9.72 Å². The number of aryl methyl sites for hydroxylation is 2. The maximum Gasteiger partial charge on any atom is 0.261 e. The predicted molar refractivity (Wildman–Crippen MR) is 135 cm³/mol. The molecule has 0 fully saturated rings. The first-order valence-corrected chi connectivity index (χ1v) is 11.5. The number of para-hydroxylation sites is 1. The van der Waals surface area contributed by atoms with Gasteiger partial charge in [-0.15, -0.1) is 0 Å². The fourth-order valence-corrected chi connectivity index (χ4v) is 4.47. The summed E-state index contributed by atoms with van der Waals surface area (Å²) >= 11 is 0. The van der Waals surface area contributed by atoms with E-state index in [1.54, 1.807) is 37.8 Å². The third-order valence-electron chi connectivity index (χ3n) is 6.20. The lowest BCUT2D eigenvalue weighted by Crippen LogP contribution is -2.35. The number of aromatic nitrogens is 3. The van der Waals surface area contributed by atoms with E-state index in [1.807, 2.05) is 38.1 Å². The molecule has 9 nitrogen and oxygen atoms in total. The highest BCUT2D eigenvalue weighted by Gasteiger charge is 2.37. The molecule has 0 radical (unpaired) electrons. The molecule has 0 spiro atoms. The van der Waals surface area contributed by atoms with Crippen molar-refractivity contribution >= 4 is 34.4 Å². The van der Waals surface area contributed by atoms with E-state index in [-0.39, 0.29) is 23.1 Å². The second-order valence-electron chi connectivity index (χ2n) is 9.03. The molecule has 0 saturated heterocycles. The van der Waals surface area contributed by atoms with Gasteiger partial charge in [0.2, 0.25) is 0 Å². The Bertz CT molecular complexity index is 1570. The normalized spacial score (nSPS) is 13.0. The van der Waals surface area contributed by atoms with E-state index in [2.05, 4.69) is 10.4 Å². The summed E-state index contributed by atoms with van der Waals surface area (Å²) < 4.78 is 7.05. The van der Waals surface area contributed by atoms with Crippen LogP contribution < -0.4 is 10.1 Å². The van der Waals surface area contributed by atoms with E-state index in [1.165, 1.54) is 17.0 Å². The Morgan fingerprint density at radius 1 is 1.00 bits per heavy atom. The number of benzene rings is 2. The van der Waals surface area contributed by atoms with Crippen molar-refractivity contribution in [3.05, 3.63) is 76.5 Å². The highest BCUT2D eigenvalue weighted by Crippen LogP contribution is 2.29. The van der Waals surface area contributed by atoms with Crippen LogP contribution in [0.4, 0.5) is 5.82 Å². The van der Waals surface area contributed by atoms with Crippen LogP contribution in [0, 0.1) is 13.8 Å². The molecule has 9 heteroatoms. The standard InChI is InChI=1S/C27H25N5O4/c1-14(2)31-26(34)19-10-9-17(13-20(19)27(31)35)25(33)29-23-12-16(4)30-32(23)22-11-15(3)18-7-6-8-21(36-5)24(18)28-22/h6-14H,1-5H3,(H,29,33). The molecule has 1 aliphatic heterocycles. The highest BCUT2D eigenvalue weighted by molar-refractivity contribution is 6.22. The zero-order valence-corrected chi connectivity index (χ0v) is 20.6. The molecule has 0 saturated carbocycles. The van der Waals surface area contributed by atoms with Gasteiger partial charge in [0.1, 0.15) is 17.1 Å². The number of fused-ring (bicyclic) bond motifs is 2. The van der Waals surface area contributed by atoms with Crippen LogP contribution in [0.3, 0.4) is 0 Å². The number of nitrogens with one attached hydrogen (secondary N) is 1. The molecule has 3 heterocycles. The molecular weight excluding hydrogens is 458 g/mol. The van der Waals surface area contributed by atoms with Crippen LogP contribution >= 0.6 is 0 Å². The second kappa shape index (κ2) is 8.60. The van der Waals surface area contributed by atoms with Crippen LogP contribution in [0.1, 0.15) is 56.2 Å². The number of imide groups is 1. The van der Waals surface area contributed by atoms with Crippen molar-refractivity contribution in [3.63, 3.8) is 0 Å². The van der Waals surface area contributed by atoms with Crippen LogP contribution in [-0.2, 0) is 0 Å². The van der Waals surface area contributed by atoms with Crippen molar-refractivity contribution < 1.29 is 19.1 Å². The lowest BCUT2D eigenvalue weighted by molar-refractivity contribution is 0.0609. The lowest BCUT2D eigenvalue weighted by atomic mass is 10.1. The van der Waals surface area contributed by atoms with Crippen LogP contribution in [0.15, 0.2) is 48.5 Å². The third-order valence-corrected chi connectivity index (χ3v) is 6.20. The summed E-state index contributed by atoms with van der Waals surface area (Å²) in [6, 6.07) is 13.6. The van der Waals surface area contributed by atoms with Gasteiger partial charge >= 0.3 is 0 Å². The molecule has 4 aromatic rings. The Morgan fingerprint density at radius 2 is 1.75 bits per heavy atom. The molecule has 1 aliphatic rings. The number of carbonyl (C=O) groups excluding carboxylic acids is 3. The number of pyridine rings is 1. The number of nitrogens with zero attached hydrogens (tertiary/aromatic N) is 4.